The van der Waals surface area contributed by atoms with Gasteiger partial charge in [0.15, 0.2) is 9.84 Å². The molecule has 1 atom stereocenters. The lowest BCUT2D eigenvalue weighted by molar-refractivity contribution is 0.399. The van der Waals surface area contributed by atoms with Gasteiger partial charge in [0.1, 0.15) is 5.37 Å². The lowest BCUT2D eigenvalue weighted by Gasteiger charge is -2.34. The van der Waals surface area contributed by atoms with Crippen LogP contribution in [-0.2, 0) is 19.9 Å². The normalized spacial score (nSPS) is 24.1. The van der Waals surface area contributed by atoms with Crippen LogP contribution in [0.25, 0.3) is 0 Å². The molecule has 1 aliphatic rings. The summed E-state index contributed by atoms with van der Waals surface area (Å²) in [6.45, 7) is 4.99. The molecule has 0 aliphatic carbocycles. The van der Waals surface area contributed by atoms with Crippen LogP contribution in [-0.4, -0.2) is 55.6 Å². The Kier molecular flexibility index (Phi) is 4.90. The summed E-state index contributed by atoms with van der Waals surface area (Å²) in [6.07, 6.45) is 0. The van der Waals surface area contributed by atoms with Crippen LogP contribution >= 0.6 is 11.8 Å². The fraction of sp³-hybridized carbons (Fsp3) is 1.00. The van der Waals surface area contributed by atoms with Gasteiger partial charge in [-0.3, -0.25) is 0 Å². The van der Waals surface area contributed by atoms with Gasteiger partial charge >= 0.3 is 0 Å². The molecular weight excluding hydrogens is 282 g/mol. The Balaban J connectivity index is 3.12. The number of rotatable bonds is 4. The fourth-order valence-corrected chi connectivity index (χ4v) is 6.70. The number of nitrogens with zero attached hydrogens (tertiary/aromatic N) is 1. The second kappa shape index (κ2) is 5.46. The Labute approximate surface area is 108 Å². The van der Waals surface area contributed by atoms with E-state index in [-0.39, 0.29) is 12.3 Å². The first kappa shape index (κ1) is 15.3. The molecule has 1 rings (SSSR count). The van der Waals surface area contributed by atoms with E-state index in [9.17, 15) is 16.8 Å². The number of sulfonamides is 1. The minimum atomic E-state index is -3.50. The van der Waals surface area contributed by atoms with Crippen LogP contribution in [0.15, 0.2) is 0 Å². The maximum absolute atomic E-state index is 12.1. The van der Waals surface area contributed by atoms with E-state index in [0.29, 0.717) is 11.5 Å². The maximum atomic E-state index is 12.1. The molecule has 102 valence electrons. The molecule has 0 N–H and O–H groups in total. The number of sulfone groups is 1. The van der Waals surface area contributed by atoms with Crippen molar-refractivity contribution in [2.24, 2.45) is 0 Å². The van der Waals surface area contributed by atoms with E-state index in [2.05, 4.69) is 0 Å². The first-order chi connectivity index (χ1) is 7.73. The minimum Gasteiger partial charge on any atom is -0.227 e. The predicted octanol–water partition coefficient (Wildman–Crippen LogP) is 0.534. The number of hydrogen-bond acceptors (Lipinski definition) is 5. The lowest BCUT2D eigenvalue weighted by Crippen LogP contribution is -2.52. The molecule has 0 saturated carbocycles. The van der Waals surface area contributed by atoms with Crippen LogP contribution in [0.2, 0.25) is 0 Å². The van der Waals surface area contributed by atoms with Crippen molar-refractivity contribution in [2.45, 2.75) is 31.4 Å². The quantitative estimate of drug-likeness (QED) is 0.757. The minimum absolute atomic E-state index is 0.0255. The maximum Gasteiger partial charge on any atom is 0.217 e. The van der Waals surface area contributed by atoms with Gasteiger partial charge in [0, 0.05) is 23.8 Å². The average molecular weight is 301 g/mol. The van der Waals surface area contributed by atoms with Gasteiger partial charge in [0.25, 0.3) is 0 Å². The molecule has 5 nitrogen and oxygen atoms in total. The van der Waals surface area contributed by atoms with Gasteiger partial charge in [-0.15, -0.1) is 0 Å². The predicted molar refractivity (Wildman–Crippen MR) is 71.3 cm³/mol. The Morgan fingerprint density at radius 1 is 1.29 bits per heavy atom. The van der Waals surface area contributed by atoms with Crippen LogP contribution in [0.5, 0.6) is 0 Å². The molecule has 1 saturated heterocycles. The van der Waals surface area contributed by atoms with Crippen LogP contribution in [0, 0.1) is 0 Å². The largest absolute Gasteiger partial charge is 0.227 e. The zero-order valence-corrected chi connectivity index (χ0v) is 12.7. The van der Waals surface area contributed by atoms with E-state index in [1.807, 2.05) is 0 Å². The first-order valence-corrected chi connectivity index (χ1v) is 9.90. The molecule has 0 bridgehead atoms. The topological polar surface area (TPSA) is 71.5 Å². The van der Waals surface area contributed by atoms with Gasteiger partial charge in [0.05, 0.1) is 5.25 Å². The van der Waals surface area contributed by atoms with E-state index in [0.717, 1.165) is 0 Å². The third-order valence-electron chi connectivity index (χ3n) is 2.78. The van der Waals surface area contributed by atoms with Gasteiger partial charge in [-0.1, -0.05) is 6.92 Å². The van der Waals surface area contributed by atoms with Crippen molar-refractivity contribution in [3.05, 3.63) is 0 Å². The number of thioether (sulfide) groups is 1. The second-order valence-electron chi connectivity index (χ2n) is 4.19. The lowest BCUT2D eigenvalue weighted by atomic mass is 10.6. The van der Waals surface area contributed by atoms with E-state index in [4.69, 9.17) is 0 Å². The fourth-order valence-electron chi connectivity index (χ4n) is 1.60. The monoisotopic (exact) mass is 301 g/mol. The summed E-state index contributed by atoms with van der Waals surface area (Å²) in [5.74, 6) is 0.964. The van der Waals surface area contributed by atoms with Crippen LogP contribution in [0.3, 0.4) is 0 Å². The summed E-state index contributed by atoms with van der Waals surface area (Å²) in [6, 6.07) is 0. The van der Waals surface area contributed by atoms with Crippen molar-refractivity contribution >= 4 is 31.6 Å². The summed E-state index contributed by atoms with van der Waals surface area (Å²) in [5.41, 5.74) is 0. The molecule has 17 heavy (non-hydrogen) atoms. The van der Waals surface area contributed by atoms with Gasteiger partial charge in [-0.05, 0) is 13.8 Å². The molecule has 0 aromatic rings. The zero-order valence-electron chi connectivity index (χ0n) is 10.3. The van der Waals surface area contributed by atoms with E-state index < -0.39 is 30.5 Å². The molecule has 1 aliphatic heterocycles. The Morgan fingerprint density at radius 2 is 1.88 bits per heavy atom. The first-order valence-electron chi connectivity index (χ1n) is 5.53. The molecule has 1 heterocycles. The highest BCUT2D eigenvalue weighted by atomic mass is 32.2. The third-order valence-corrected chi connectivity index (χ3v) is 8.48. The smallest absolute Gasteiger partial charge is 0.217 e. The van der Waals surface area contributed by atoms with E-state index in [1.165, 1.54) is 16.1 Å². The second-order valence-corrected chi connectivity index (χ2v) is 10.2. The van der Waals surface area contributed by atoms with Crippen molar-refractivity contribution in [1.82, 2.24) is 4.31 Å². The molecule has 0 aromatic carbocycles. The molecule has 0 radical (unpaired) electrons. The average Bonchev–Trinajstić information content (AvgIpc) is 2.29. The van der Waals surface area contributed by atoms with Crippen molar-refractivity contribution in [1.29, 1.82) is 0 Å². The standard InChI is InChI=1S/C9H19NO4S3/c1-4-16(11,12)9-7-15-6-5-10(9)17(13,14)8(2)3/h8-9H,4-7H2,1-3H3. The Morgan fingerprint density at radius 3 is 2.35 bits per heavy atom. The molecule has 1 unspecified atom stereocenters. The third kappa shape index (κ3) is 3.15. The summed E-state index contributed by atoms with van der Waals surface area (Å²) in [7, 11) is -6.86. The van der Waals surface area contributed by atoms with Gasteiger partial charge < -0.3 is 0 Å². The number of hydrogen-bond donors (Lipinski definition) is 0. The van der Waals surface area contributed by atoms with E-state index >= 15 is 0 Å². The molecule has 1 fully saturated rings. The molecule has 0 aromatic heterocycles. The summed E-state index contributed by atoms with van der Waals surface area (Å²) < 4.78 is 49.2. The zero-order chi connectivity index (χ0) is 13.3. The van der Waals surface area contributed by atoms with Crippen LogP contribution in [0.4, 0.5) is 0 Å². The molecular formula is C9H19NO4S3. The molecule has 0 spiro atoms. The summed E-state index contributed by atoms with van der Waals surface area (Å²) in [4.78, 5) is 0. The van der Waals surface area contributed by atoms with E-state index in [1.54, 1.807) is 20.8 Å². The highest BCUT2D eigenvalue weighted by Crippen LogP contribution is 2.25. The highest BCUT2D eigenvalue weighted by molar-refractivity contribution is 8.01. The molecule has 8 heteroatoms. The van der Waals surface area contributed by atoms with Crippen LogP contribution in [0.1, 0.15) is 20.8 Å². The van der Waals surface area contributed by atoms with Crippen molar-refractivity contribution in [3.63, 3.8) is 0 Å². The summed E-state index contributed by atoms with van der Waals surface area (Å²) in [5, 5.41) is -1.47. The van der Waals surface area contributed by atoms with Gasteiger partial charge in [0.2, 0.25) is 10.0 Å². The van der Waals surface area contributed by atoms with Gasteiger partial charge in [-0.2, -0.15) is 16.1 Å². The van der Waals surface area contributed by atoms with Crippen molar-refractivity contribution in [2.75, 3.05) is 23.8 Å². The Bertz CT molecular complexity index is 455. The van der Waals surface area contributed by atoms with Gasteiger partial charge in [-0.25, -0.2) is 16.8 Å². The van der Waals surface area contributed by atoms with Crippen molar-refractivity contribution < 1.29 is 16.8 Å². The Hall–Kier alpha value is 0.210. The van der Waals surface area contributed by atoms with Crippen LogP contribution < -0.4 is 0 Å². The summed E-state index contributed by atoms with van der Waals surface area (Å²) >= 11 is 1.49. The molecule has 0 amide bonds. The highest BCUT2D eigenvalue weighted by Gasteiger charge is 2.40. The van der Waals surface area contributed by atoms with Crippen molar-refractivity contribution in [3.8, 4) is 0 Å². The SMILES string of the molecule is CCS(=O)(=O)C1CSCCN1S(=O)(=O)C(C)C.